The van der Waals surface area contributed by atoms with E-state index in [0.717, 1.165) is 31.2 Å². The molecular weight excluding hydrogens is 284 g/mol. The van der Waals surface area contributed by atoms with Crippen LogP contribution in [0.5, 0.6) is 0 Å². The predicted molar refractivity (Wildman–Crippen MR) is 79.9 cm³/mol. The van der Waals surface area contributed by atoms with Crippen molar-refractivity contribution in [3.05, 3.63) is 22.7 Å². The van der Waals surface area contributed by atoms with Gasteiger partial charge in [-0.2, -0.15) is 0 Å². The lowest BCUT2D eigenvalue weighted by Gasteiger charge is -2.10. The Labute approximate surface area is 120 Å². The van der Waals surface area contributed by atoms with Crippen LogP contribution < -0.4 is 10.5 Å². The summed E-state index contributed by atoms with van der Waals surface area (Å²) in [6, 6.07) is 2.98. The molecule has 0 heterocycles. The summed E-state index contributed by atoms with van der Waals surface area (Å²) in [6.07, 6.45) is 4.07. The summed E-state index contributed by atoms with van der Waals surface area (Å²) in [7, 11) is -3.58. The smallest absolute Gasteiger partial charge is 0.242 e. The molecule has 0 aliphatic carbocycles. The zero-order valence-electron chi connectivity index (χ0n) is 11.4. The number of unbranched alkanes of at least 4 members (excludes halogenated alkanes) is 3. The van der Waals surface area contributed by atoms with Crippen LogP contribution in [0.3, 0.4) is 0 Å². The van der Waals surface area contributed by atoms with Gasteiger partial charge in [-0.25, -0.2) is 13.1 Å². The van der Waals surface area contributed by atoms with Gasteiger partial charge in [0.2, 0.25) is 10.0 Å². The summed E-state index contributed by atoms with van der Waals surface area (Å²) >= 11 is 5.97. The molecule has 0 radical (unpaired) electrons. The van der Waals surface area contributed by atoms with Gasteiger partial charge in [0.25, 0.3) is 0 Å². The SMILES string of the molecule is CCCCCCNS(=O)(=O)c1cc(N)c(C)cc1Cl. The number of rotatable bonds is 7. The van der Waals surface area contributed by atoms with Crippen LogP contribution in [0.2, 0.25) is 5.02 Å². The van der Waals surface area contributed by atoms with Gasteiger partial charge in [-0.05, 0) is 31.0 Å². The molecule has 0 amide bonds. The fourth-order valence-electron chi connectivity index (χ4n) is 1.71. The highest BCUT2D eigenvalue weighted by Crippen LogP contribution is 2.26. The van der Waals surface area contributed by atoms with Crippen LogP contribution in [-0.2, 0) is 10.0 Å². The molecule has 0 fully saturated rings. The highest BCUT2D eigenvalue weighted by molar-refractivity contribution is 7.89. The van der Waals surface area contributed by atoms with Crippen molar-refractivity contribution in [2.24, 2.45) is 0 Å². The summed E-state index contributed by atoms with van der Waals surface area (Å²) in [5.41, 5.74) is 6.93. The van der Waals surface area contributed by atoms with E-state index < -0.39 is 10.0 Å². The molecule has 1 rings (SSSR count). The van der Waals surface area contributed by atoms with E-state index in [1.807, 2.05) is 0 Å². The third-order valence-corrected chi connectivity index (χ3v) is 4.86. The molecule has 0 aliphatic heterocycles. The first kappa shape index (κ1) is 16.3. The molecule has 108 valence electrons. The van der Waals surface area contributed by atoms with Crippen molar-refractivity contribution in [3.8, 4) is 0 Å². The Morgan fingerprint density at radius 1 is 1.26 bits per heavy atom. The van der Waals surface area contributed by atoms with Crippen molar-refractivity contribution in [3.63, 3.8) is 0 Å². The number of hydrogen-bond donors (Lipinski definition) is 2. The average molecular weight is 305 g/mol. The molecule has 0 aliphatic rings. The second-order valence-electron chi connectivity index (χ2n) is 4.60. The zero-order valence-corrected chi connectivity index (χ0v) is 12.9. The Hall–Kier alpha value is -0.780. The van der Waals surface area contributed by atoms with Crippen LogP contribution in [0.4, 0.5) is 5.69 Å². The van der Waals surface area contributed by atoms with Crippen LogP contribution in [0.15, 0.2) is 17.0 Å². The Balaban J connectivity index is 2.75. The van der Waals surface area contributed by atoms with Crippen LogP contribution in [-0.4, -0.2) is 15.0 Å². The first-order valence-electron chi connectivity index (χ1n) is 6.43. The fourth-order valence-corrected chi connectivity index (χ4v) is 3.40. The Kier molecular flexibility index (Phi) is 6.10. The van der Waals surface area contributed by atoms with Gasteiger partial charge in [-0.3, -0.25) is 0 Å². The third-order valence-electron chi connectivity index (χ3n) is 2.93. The van der Waals surface area contributed by atoms with Crippen LogP contribution >= 0.6 is 11.6 Å². The van der Waals surface area contributed by atoms with Crippen molar-refractivity contribution in [1.29, 1.82) is 0 Å². The maximum atomic E-state index is 12.1. The van der Waals surface area contributed by atoms with E-state index in [-0.39, 0.29) is 9.92 Å². The van der Waals surface area contributed by atoms with Crippen molar-refractivity contribution in [1.82, 2.24) is 4.72 Å². The summed E-state index contributed by atoms with van der Waals surface area (Å²) in [4.78, 5) is 0.0489. The van der Waals surface area contributed by atoms with Gasteiger partial charge < -0.3 is 5.73 Å². The minimum absolute atomic E-state index is 0.0489. The largest absolute Gasteiger partial charge is 0.398 e. The van der Waals surface area contributed by atoms with Gasteiger partial charge >= 0.3 is 0 Å². The van der Waals surface area contributed by atoms with Gasteiger partial charge in [0.1, 0.15) is 4.90 Å². The van der Waals surface area contributed by atoms with Crippen molar-refractivity contribution >= 4 is 27.3 Å². The van der Waals surface area contributed by atoms with Gasteiger partial charge in [-0.15, -0.1) is 0 Å². The molecule has 1 aromatic carbocycles. The highest BCUT2D eigenvalue weighted by atomic mass is 35.5. The van der Waals surface area contributed by atoms with E-state index in [9.17, 15) is 8.42 Å². The number of benzene rings is 1. The van der Waals surface area contributed by atoms with Gasteiger partial charge in [-0.1, -0.05) is 37.8 Å². The number of nitrogens with two attached hydrogens (primary N) is 1. The summed E-state index contributed by atoms with van der Waals surface area (Å²) in [6.45, 7) is 4.32. The Morgan fingerprint density at radius 2 is 1.95 bits per heavy atom. The molecule has 1 aromatic rings. The van der Waals surface area contributed by atoms with E-state index >= 15 is 0 Å². The molecule has 0 bridgehead atoms. The minimum atomic E-state index is -3.58. The van der Waals surface area contributed by atoms with Gasteiger partial charge in [0, 0.05) is 12.2 Å². The topological polar surface area (TPSA) is 72.2 Å². The van der Waals surface area contributed by atoms with E-state index in [0.29, 0.717) is 12.2 Å². The van der Waals surface area contributed by atoms with Crippen molar-refractivity contribution in [2.75, 3.05) is 12.3 Å². The number of anilines is 1. The van der Waals surface area contributed by atoms with Gasteiger partial charge in [0.15, 0.2) is 0 Å². The number of nitrogens with one attached hydrogen (secondary N) is 1. The van der Waals surface area contributed by atoms with E-state index in [2.05, 4.69) is 11.6 Å². The van der Waals surface area contributed by atoms with Crippen LogP contribution in [0.1, 0.15) is 38.2 Å². The molecule has 19 heavy (non-hydrogen) atoms. The molecule has 0 saturated heterocycles. The standard InChI is InChI=1S/C13H21ClN2O2S/c1-3-4-5-6-7-16-19(17,18)13-9-12(15)10(2)8-11(13)14/h8-9,16H,3-7,15H2,1-2H3. The average Bonchev–Trinajstić information content (AvgIpc) is 2.33. The van der Waals surface area contributed by atoms with Crippen LogP contribution in [0, 0.1) is 6.92 Å². The number of hydrogen-bond acceptors (Lipinski definition) is 3. The lowest BCUT2D eigenvalue weighted by molar-refractivity contribution is 0.573. The molecule has 0 spiro atoms. The van der Waals surface area contributed by atoms with Crippen LogP contribution in [0.25, 0.3) is 0 Å². The molecule has 0 aromatic heterocycles. The second-order valence-corrected chi connectivity index (χ2v) is 6.74. The number of sulfonamides is 1. The quantitative estimate of drug-likeness (QED) is 0.600. The highest BCUT2D eigenvalue weighted by Gasteiger charge is 2.18. The molecule has 0 unspecified atom stereocenters. The molecule has 6 heteroatoms. The summed E-state index contributed by atoms with van der Waals surface area (Å²) in [5, 5.41) is 0.202. The van der Waals surface area contributed by atoms with Crippen molar-refractivity contribution in [2.45, 2.75) is 44.4 Å². The zero-order chi connectivity index (χ0) is 14.5. The van der Waals surface area contributed by atoms with Gasteiger partial charge in [0.05, 0.1) is 5.02 Å². The number of aryl methyl sites for hydroxylation is 1. The fraction of sp³-hybridized carbons (Fsp3) is 0.538. The lowest BCUT2D eigenvalue weighted by Crippen LogP contribution is -2.25. The molecule has 0 atom stereocenters. The summed E-state index contributed by atoms with van der Waals surface area (Å²) < 4.78 is 26.8. The van der Waals surface area contributed by atoms with E-state index in [4.69, 9.17) is 17.3 Å². The Bertz CT molecular complexity index is 530. The molecule has 4 nitrogen and oxygen atoms in total. The molecule has 0 saturated carbocycles. The first-order chi connectivity index (χ1) is 8.88. The van der Waals surface area contributed by atoms with E-state index in [1.165, 1.54) is 6.07 Å². The second kappa shape index (κ2) is 7.12. The molecular formula is C13H21ClN2O2S. The Morgan fingerprint density at radius 3 is 2.58 bits per heavy atom. The predicted octanol–water partition coefficient (Wildman–Crippen LogP) is 3.09. The summed E-state index contributed by atoms with van der Waals surface area (Å²) in [5.74, 6) is 0. The monoisotopic (exact) mass is 304 g/mol. The normalized spacial score (nSPS) is 11.7. The third kappa shape index (κ3) is 4.67. The molecule has 3 N–H and O–H groups in total. The number of halogens is 1. The maximum absolute atomic E-state index is 12.1. The number of nitrogen functional groups attached to an aromatic ring is 1. The lowest BCUT2D eigenvalue weighted by atomic mass is 10.2. The maximum Gasteiger partial charge on any atom is 0.242 e. The minimum Gasteiger partial charge on any atom is -0.398 e. The van der Waals surface area contributed by atoms with Crippen molar-refractivity contribution < 1.29 is 8.42 Å². The van der Waals surface area contributed by atoms with E-state index in [1.54, 1.807) is 13.0 Å². The first-order valence-corrected chi connectivity index (χ1v) is 8.30.